The fourth-order valence-electron chi connectivity index (χ4n) is 3.86. The van der Waals surface area contributed by atoms with Crippen LogP contribution in [0.4, 0.5) is 27.5 Å². The summed E-state index contributed by atoms with van der Waals surface area (Å²) in [5, 5.41) is 7.48. The maximum Gasteiger partial charge on any atom is 0.326 e. The van der Waals surface area contributed by atoms with Gasteiger partial charge in [-0.05, 0) is 78.4 Å². The lowest BCUT2D eigenvalue weighted by Gasteiger charge is -2.26. The van der Waals surface area contributed by atoms with Crippen molar-refractivity contribution in [3.05, 3.63) is 81.3 Å². The van der Waals surface area contributed by atoms with E-state index in [9.17, 15) is 4.79 Å². The Kier molecular flexibility index (Phi) is 8.48. The fraction of sp³-hybridized carbons (Fsp3) is 0.269. The van der Waals surface area contributed by atoms with E-state index >= 15 is 0 Å². The third kappa shape index (κ3) is 5.92. The van der Waals surface area contributed by atoms with Gasteiger partial charge in [-0.25, -0.2) is 4.79 Å². The number of hydrogen-bond acceptors (Lipinski definition) is 3. The average Bonchev–Trinajstić information content (AvgIpc) is 2.81. The highest BCUT2D eigenvalue weighted by Crippen LogP contribution is 2.34. The Hall–Kier alpha value is -2.89. The van der Waals surface area contributed by atoms with Gasteiger partial charge in [0.15, 0.2) is 0 Å². The summed E-state index contributed by atoms with van der Waals surface area (Å²) in [6, 6.07) is 17.0. The quantitative estimate of drug-likeness (QED) is 0.300. The maximum atomic E-state index is 13.6. The Balaban J connectivity index is 1.94. The minimum Gasteiger partial charge on any atom is -0.398 e. The second-order valence-electron chi connectivity index (χ2n) is 7.74. The largest absolute Gasteiger partial charge is 0.398 e. The molecule has 2 amide bonds. The zero-order valence-electron chi connectivity index (χ0n) is 19.2. The second-order valence-corrected chi connectivity index (χ2v) is 8.59. The van der Waals surface area contributed by atoms with E-state index < -0.39 is 0 Å². The van der Waals surface area contributed by atoms with Gasteiger partial charge < -0.3 is 16.4 Å². The first kappa shape index (κ1) is 24.7. The van der Waals surface area contributed by atoms with Crippen LogP contribution in [-0.4, -0.2) is 19.6 Å². The number of urea groups is 1. The van der Waals surface area contributed by atoms with E-state index in [1.807, 2.05) is 69.4 Å². The molecule has 0 heterocycles. The number of hydrogen-bond donors (Lipinski definition) is 3. The van der Waals surface area contributed by atoms with Gasteiger partial charge in [0, 0.05) is 40.7 Å². The normalized spacial score (nSPS) is 10.7. The van der Waals surface area contributed by atoms with Crippen molar-refractivity contribution in [2.75, 3.05) is 34.9 Å². The molecule has 0 aliphatic heterocycles. The van der Waals surface area contributed by atoms with Crippen LogP contribution in [0.15, 0.2) is 54.6 Å². The lowest BCUT2D eigenvalue weighted by atomic mass is 10.0. The highest BCUT2D eigenvalue weighted by atomic mass is 35.5. The number of anilines is 4. The summed E-state index contributed by atoms with van der Waals surface area (Å²) in [5.41, 5.74) is 12.2. The van der Waals surface area contributed by atoms with Crippen LogP contribution in [0.1, 0.15) is 30.5 Å². The molecule has 0 bridgehead atoms. The predicted molar refractivity (Wildman–Crippen MR) is 142 cm³/mol. The number of nitrogen functional groups attached to an aromatic ring is 1. The summed E-state index contributed by atoms with van der Waals surface area (Å²) in [6.07, 6.45) is 2.05. The molecule has 0 saturated carbocycles. The van der Waals surface area contributed by atoms with Crippen LogP contribution in [0, 0.1) is 0 Å². The number of nitrogens with zero attached hydrogens (tertiary/aromatic N) is 1. The molecule has 5 nitrogen and oxygen atoms in total. The molecular formula is C26H30Cl2N4O. The van der Waals surface area contributed by atoms with Crippen molar-refractivity contribution < 1.29 is 4.79 Å². The van der Waals surface area contributed by atoms with E-state index in [1.54, 1.807) is 11.0 Å². The first-order chi connectivity index (χ1) is 15.9. The van der Waals surface area contributed by atoms with E-state index in [0.717, 1.165) is 28.1 Å². The molecule has 0 radical (unpaired) electrons. The van der Waals surface area contributed by atoms with Crippen molar-refractivity contribution in [3.8, 4) is 0 Å². The molecular weight excluding hydrogens is 455 g/mol. The smallest absolute Gasteiger partial charge is 0.326 e. The molecule has 4 N–H and O–H groups in total. The molecule has 0 unspecified atom stereocenters. The minimum atomic E-state index is -0.229. The van der Waals surface area contributed by atoms with Gasteiger partial charge in [0.25, 0.3) is 0 Å². The molecule has 3 aromatic carbocycles. The van der Waals surface area contributed by atoms with Crippen LogP contribution in [0.5, 0.6) is 0 Å². The van der Waals surface area contributed by atoms with Crippen molar-refractivity contribution in [1.29, 1.82) is 0 Å². The van der Waals surface area contributed by atoms with Crippen molar-refractivity contribution in [2.45, 2.75) is 33.1 Å². The number of carbonyl (C=O) groups excluding carboxylic acids is 1. The number of nitrogens with two attached hydrogens (primary N) is 1. The van der Waals surface area contributed by atoms with E-state index in [0.29, 0.717) is 47.2 Å². The van der Waals surface area contributed by atoms with E-state index in [4.69, 9.17) is 28.9 Å². The fourth-order valence-corrected chi connectivity index (χ4v) is 4.33. The van der Waals surface area contributed by atoms with Crippen molar-refractivity contribution in [3.63, 3.8) is 0 Å². The molecule has 7 heteroatoms. The van der Waals surface area contributed by atoms with Crippen molar-refractivity contribution >= 4 is 52.0 Å². The summed E-state index contributed by atoms with van der Waals surface area (Å²) in [6.45, 7) is 4.52. The molecule has 0 aliphatic rings. The minimum absolute atomic E-state index is 0.229. The van der Waals surface area contributed by atoms with Crippen LogP contribution in [0.25, 0.3) is 0 Å². The van der Waals surface area contributed by atoms with Crippen LogP contribution in [0.3, 0.4) is 0 Å². The third-order valence-corrected chi connectivity index (χ3v) is 6.30. The average molecular weight is 485 g/mol. The van der Waals surface area contributed by atoms with E-state index in [2.05, 4.69) is 10.6 Å². The number of benzene rings is 3. The van der Waals surface area contributed by atoms with Crippen LogP contribution in [0.2, 0.25) is 10.0 Å². The van der Waals surface area contributed by atoms with Crippen molar-refractivity contribution in [2.24, 2.45) is 0 Å². The molecule has 174 valence electrons. The van der Waals surface area contributed by atoms with Gasteiger partial charge in [0.05, 0.1) is 5.69 Å². The Morgan fingerprint density at radius 3 is 2.18 bits per heavy atom. The SMILES string of the molecule is CCc1c(N)cc(Cl)c(CC)c1NC(=O)N(CCc1ccc(Cl)cc1)c1ccc(NC)cc1. The zero-order chi connectivity index (χ0) is 24.0. The summed E-state index contributed by atoms with van der Waals surface area (Å²) < 4.78 is 0. The molecule has 3 aromatic rings. The predicted octanol–water partition coefficient (Wildman–Crippen LogP) is 7.02. The molecule has 0 saturated heterocycles. The molecule has 0 aromatic heterocycles. The Morgan fingerprint density at radius 1 is 0.970 bits per heavy atom. The first-order valence-electron chi connectivity index (χ1n) is 11.1. The van der Waals surface area contributed by atoms with Gasteiger partial charge >= 0.3 is 6.03 Å². The molecule has 3 rings (SSSR count). The topological polar surface area (TPSA) is 70.4 Å². The lowest BCUT2D eigenvalue weighted by Crippen LogP contribution is -2.37. The maximum absolute atomic E-state index is 13.6. The standard InChI is InChI=1S/C26H30Cl2N4O/c1-4-21-23(28)16-24(29)22(5-2)25(21)31-26(33)32(20-12-10-19(30-3)11-13-20)15-14-17-6-8-18(27)9-7-17/h6-13,16,30H,4-5,14-15,29H2,1-3H3,(H,31,33). The number of carbonyl (C=O) groups is 1. The highest BCUT2D eigenvalue weighted by molar-refractivity contribution is 6.32. The van der Waals surface area contributed by atoms with Crippen LogP contribution < -0.4 is 21.3 Å². The second kappa shape index (κ2) is 11.3. The molecule has 0 fully saturated rings. The molecule has 0 aliphatic carbocycles. The van der Waals surface area contributed by atoms with Gasteiger partial charge in [-0.2, -0.15) is 0 Å². The number of halogens is 2. The summed E-state index contributed by atoms with van der Waals surface area (Å²) in [5.74, 6) is 0. The van der Waals surface area contributed by atoms with Gasteiger partial charge in [-0.15, -0.1) is 0 Å². The molecule has 0 atom stereocenters. The Labute approximate surface area is 205 Å². The lowest BCUT2D eigenvalue weighted by molar-refractivity contribution is 0.257. The van der Waals surface area contributed by atoms with Gasteiger partial charge in [0.1, 0.15) is 0 Å². The first-order valence-corrected chi connectivity index (χ1v) is 11.8. The summed E-state index contributed by atoms with van der Waals surface area (Å²) in [4.78, 5) is 15.3. The third-order valence-electron chi connectivity index (χ3n) is 5.71. The summed E-state index contributed by atoms with van der Waals surface area (Å²) in [7, 11) is 1.86. The molecule has 0 spiro atoms. The highest BCUT2D eigenvalue weighted by Gasteiger charge is 2.21. The van der Waals surface area contributed by atoms with E-state index in [-0.39, 0.29) is 6.03 Å². The van der Waals surface area contributed by atoms with Crippen LogP contribution in [-0.2, 0) is 19.3 Å². The number of nitrogens with one attached hydrogen (secondary N) is 2. The van der Waals surface area contributed by atoms with Gasteiger partial charge in [-0.1, -0.05) is 49.2 Å². The Bertz CT molecular complexity index is 1070. The Morgan fingerprint density at radius 2 is 1.61 bits per heavy atom. The van der Waals surface area contributed by atoms with Gasteiger partial charge in [-0.3, -0.25) is 4.90 Å². The van der Waals surface area contributed by atoms with Crippen molar-refractivity contribution in [1.82, 2.24) is 0 Å². The summed E-state index contributed by atoms with van der Waals surface area (Å²) >= 11 is 12.5. The van der Waals surface area contributed by atoms with E-state index in [1.165, 1.54) is 0 Å². The monoisotopic (exact) mass is 484 g/mol. The zero-order valence-corrected chi connectivity index (χ0v) is 20.7. The number of rotatable bonds is 8. The van der Waals surface area contributed by atoms with Gasteiger partial charge in [0.2, 0.25) is 0 Å². The van der Waals surface area contributed by atoms with Crippen LogP contribution >= 0.6 is 23.2 Å². The molecule has 33 heavy (non-hydrogen) atoms. The number of amides is 2.